The number of oxime groups is 1. The van der Waals surface area contributed by atoms with Crippen LogP contribution in [0.2, 0.25) is 0 Å². The molecule has 1 aromatic heterocycles. The molecule has 1 aliphatic heterocycles. The van der Waals surface area contributed by atoms with Gasteiger partial charge in [0, 0.05) is 39.2 Å². The van der Waals surface area contributed by atoms with E-state index in [9.17, 15) is 21.6 Å². The van der Waals surface area contributed by atoms with E-state index in [0.717, 1.165) is 12.1 Å². The highest BCUT2D eigenvalue weighted by Crippen LogP contribution is 2.29. The third kappa shape index (κ3) is 4.71. The molecule has 1 aromatic carbocycles. The molecular weight excluding hydrogens is 397 g/mol. The Morgan fingerprint density at radius 1 is 1.25 bits per heavy atom. The van der Waals surface area contributed by atoms with Crippen molar-refractivity contribution in [1.82, 2.24) is 13.9 Å². The van der Waals surface area contributed by atoms with Crippen molar-refractivity contribution in [1.29, 1.82) is 0 Å². The Bertz CT molecular complexity index is 960. The van der Waals surface area contributed by atoms with Gasteiger partial charge in [-0.15, -0.1) is 0 Å². The first-order valence-corrected chi connectivity index (χ1v) is 9.92. The minimum absolute atomic E-state index is 0.00353. The SMILES string of the molecule is Cn1cnc(S(=O)(=O)N2CCC(=NOCc3cccc(C(F)(F)F)c3)CC2)c1. The lowest BCUT2D eigenvalue weighted by Gasteiger charge is -2.25. The minimum Gasteiger partial charge on any atom is -0.391 e. The van der Waals surface area contributed by atoms with Crippen molar-refractivity contribution < 1.29 is 26.4 Å². The normalized spacial score (nSPS) is 16.2. The van der Waals surface area contributed by atoms with E-state index in [4.69, 9.17) is 4.84 Å². The summed E-state index contributed by atoms with van der Waals surface area (Å²) in [6.45, 7) is 0.388. The molecule has 0 radical (unpaired) electrons. The van der Waals surface area contributed by atoms with Gasteiger partial charge in [-0.25, -0.2) is 13.4 Å². The average Bonchev–Trinajstić information content (AvgIpc) is 3.09. The summed E-state index contributed by atoms with van der Waals surface area (Å²) in [5, 5.41) is 3.95. The van der Waals surface area contributed by atoms with Crippen LogP contribution in [0.4, 0.5) is 13.2 Å². The van der Waals surface area contributed by atoms with Crippen LogP contribution in [0.15, 0.2) is 47.0 Å². The van der Waals surface area contributed by atoms with Crippen LogP contribution >= 0.6 is 0 Å². The molecule has 152 valence electrons. The third-order valence-electron chi connectivity index (χ3n) is 4.26. The number of hydrogen-bond donors (Lipinski definition) is 0. The smallest absolute Gasteiger partial charge is 0.391 e. The molecule has 0 N–H and O–H groups in total. The number of aryl methyl sites for hydroxylation is 1. The predicted molar refractivity (Wildman–Crippen MR) is 94.9 cm³/mol. The van der Waals surface area contributed by atoms with Gasteiger partial charge in [-0.05, 0) is 17.7 Å². The van der Waals surface area contributed by atoms with Crippen LogP contribution in [0.5, 0.6) is 0 Å². The average molecular weight is 416 g/mol. The summed E-state index contributed by atoms with van der Waals surface area (Å²) in [5.41, 5.74) is 0.281. The monoisotopic (exact) mass is 416 g/mol. The van der Waals surface area contributed by atoms with Gasteiger partial charge in [0.05, 0.1) is 17.6 Å². The Balaban J connectivity index is 1.55. The van der Waals surface area contributed by atoms with Crippen molar-refractivity contribution in [3.63, 3.8) is 0 Å². The highest BCUT2D eigenvalue weighted by Gasteiger charge is 2.31. The van der Waals surface area contributed by atoms with E-state index in [-0.39, 0.29) is 24.7 Å². The van der Waals surface area contributed by atoms with Crippen LogP contribution in [-0.2, 0) is 34.7 Å². The molecule has 7 nitrogen and oxygen atoms in total. The molecule has 28 heavy (non-hydrogen) atoms. The number of aromatic nitrogens is 2. The van der Waals surface area contributed by atoms with Crippen LogP contribution in [-0.4, -0.2) is 41.1 Å². The lowest BCUT2D eigenvalue weighted by atomic mass is 10.1. The number of rotatable bonds is 5. The molecule has 11 heteroatoms. The Kier molecular flexibility index (Phi) is 5.75. The van der Waals surface area contributed by atoms with Crippen LogP contribution < -0.4 is 0 Å². The molecular formula is C17H19F3N4O3S. The van der Waals surface area contributed by atoms with Gasteiger partial charge in [-0.3, -0.25) is 0 Å². The molecule has 0 aliphatic carbocycles. The summed E-state index contributed by atoms with van der Waals surface area (Å²) < 4.78 is 66.0. The number of hydrogen-bond acceptors (Lipinski definition) is 5. The maximum atomic E-state index is 12.7. The Hall–Kier alpha value is -2.40. The van der Waals surface area contributed by atoms with Gasteiger partial charge < -0.3 is 9.40 Å². The van der Waals surface area contributed by atoms with E-state index in [1.807, 2.05) is 0 Å². The van der Waals surface area contributed by atoms with Gasteiger partial charge in [0.25, 0.3) is 10.0 Å². The fourth-order valence-electron chi connectivity index (χ4n) is 2.77. The highest BCUT2D eigenvalue weighted by molar-refractivity contribution is 7.89. The first kappa shape index (κ1) is 20.3. The van der Waals surface area contributed by atoms with E-state index in [0.29, 0.717) is 24.1 Å². The van der Waals surface area contributed by atoms with Gasteiger partial charge in [0.2, 0.25) is 0 Å². The van der Waals surface area contributed by atoms with Gasteiger partial charge in [-0.2, -0.15) is 17.5 Å². The van der Waals surface area contributed by atoms with E-state index in [1.54, 1.807) is 11.6 Å². The van der Waals surface area contributed by atoms with E-state index in [1.165, 1.54) is 29.0 Å². The quantitative estimate of drug-likeness (QED) is 0.703. The van der Waals surface area contributed by atoms with Crippen molar-refractivity contribution in [3.05, 3.63) is 47.9 Å². The van der Waals surface area contributed by atoms with Crippen molar-refractivity contribution >= 4 is 15.7 Å². The molecule has 0 atom stereocenters. The molecule has 2 aromatic rings. The first-order chi connectivity index (χ1) is 13.2. The topological polar surface area (TPSA) is 76.8 Å². The molecule has 0 saturated carbocycles. The van der Waals surface area contributed by atoms with Crippen LogP contribution in [0.25, 0.3) is 0 Å². The fraction of sp³-hybridized carbons (Fsp3) is 0.412. The van der Waals surface area contributed by atoms with Crippen LogP contribution in [0, 0.1) is 0 Å². The summed E-state index contributed by atoms with van der Waals surface area (Å²) in [5.74, 6) is 0. The Morgan fingerprint density at radius 2 is 1.96 bits per heavy atom. The van der Waals surface area contributed by atoms with E-state index in [2.05, 4.69) is 10.1 Å². The summed E-state index contributed by atoms with van der Waals surface area (Å²) >= 11 is 0. The molecule has 3 rings (SSSR count). The second-order valence-electron chi connectivity index (χ2n) is 6.41. The number of sulfonamides is 1. The zero-order valence-corrected chi connectivity index (χ0v) is 15.9. The Morgan fingerprint density at radius 3 is 2.57 bits per heavy atom. The molecule has 1 aliphatic rings. The fourth-order valence-corrected chi connectivity index (χ4v) is 4.17. The molecule has 1 fully saturated rings. The maximum absolute atomic E-state index is 12.7. The first-order valence-electron chi connectivity index (χ1n) is 8.48. The van der Waals surface area contributed by atoms with E-state index < -0.39 is 21.8 Å². The summed E-state index contributed by atoms with van der Waals surface area (Å²) in [4.78, 5) is 9.06. The highest BCUT2D eigenvalue weighted by atomic mass is 32.2. The largest absolute Gasteiger partial charge is 0.416 e. The second kappa shape index (κ2) is 7.92. The zero-order valence-electron chi connectivity index (χ0n) is 15.1. The summed E-state index contributed by atoms with van der Waals surface area (Å²) in [6, 6.07) is 4.85. The van der Waals surface area contributed by atoms with Crippen LogP contribution in [0.3, 0.4) is 0 Å². The van der Waals surface area contributed by atoms with Gasteiger partial charge in [-0.1, -0.05) is 17.3 Å². The molecule has 0 spiro atoms. The number of imidazole rings is 1. The summed E-state index contributed by atoms with van der Waals surface area (Å²) in [6.07, 6.45) is -0.778. The zero-order chi connectivity index (χ0) is 20.4. The Labute approximate surface area is 160 Å². The van der Waals surface area contributed by atoms with Crippen molar-refractivity contribution in [3.8, 4) is 0 Å². The number of benzene rings is 1. The second-order valence-corrected chi connectivity index (χ2v) is 8.30. The molecule has 0 unspecified atom stereocenters. The third-order valence-corrected chi connectivity index (χ3v) is 6.05. The lowest BCUT2D eigenvalue weighted by Crippen LogP contribution is -2.38. The van der Waals surface area contributed by atoms with Crippen molar-refractivity contribution in [2.75, 3.05) is 13.1 Å². The molecule has 0 amide bonds. The lowest BCUT2D eigenvalue weighted by molar-refractivity contribution is -0.137. The molecule has 1 saturated heterocycles. The van der Waals surface area contributed by atoms with E-state index >= 15 is 0 Å². The predicted octanol–water partition coefficient (Wildman–Crippen LogP) is 2.80. The number of piperidine rings is 1. The van der Waals surface area contributed by atoms with Crippen molar-refractivity contribution in [2.24, 2.45) is 12.2 Å². The van der Waals surface area contributed by atoms with Gasteiger partial charge in [0.15, 0.2) is 5.03 Å². The van der Waals surface area contributed by atoms with Gasteiger partial charge >= 0.3 is 6.18 Å². The number of alkyl halides is 3. The van der Waals surface area contributed by atoms with Crippen LogP contribution in [0.1, 0.15) is 24.0 Å². The number of nitrogens with zero attached hydrogens (tertiary/aromatic N) is 4. The van der Waals surface area contributed by atoms with Gasteiger partial charge in [0.1, 0.15) is 6.61 Å². The standard InChI is InChI=1S/C17H19F3N4O3S/c1-23-10-16(21-12-23)28(25,26)24-7-5-15(6-8-24)22-27-11-13-3-2-4-14(9-13)17(18,19)20/h2-4,9-10,12H,5-8,11H2,1H3. The number of halogens is 3. The minimum atomic E-state index is -4.41. The molecule has 0 bridgehead atoms. The maximum Gasteiger partial charge on any atom is 0.416 e. The molecule has 2 heterocycles. The summed E-state index contributed by atoms with van der Waals surface area (Å²) in [7, 11) is -1.96. The van der Waals surface area contributed by atoms with Crippen molar-refractivity contribution in [2.45, 2.75) is 30.7 Å².